The van der Waals surface area contributed by atoms with E-state index in [4.69, 9.17) is 9.84 Å². The van der Waals surface area contributed by atoms with E-state index in [1.165, 1.54) is 0 Å². The Balaban J connectivity index is 1.87. The lowest BCUT2D eigenvalue weighted by molar-refractivity contribution is -0.151. The minimum Gasteiger partial charge on any atom is -0.480 e. The average molecular weight is 341 g/mol. The number of carboxylic acid groups (broad SMARTS) is 1. The Bertz CT molecular complexity index is 516. The van der Waals surface area contributed by atoms with Gasteiger partial charge in [0, 0.05) is 23.8 Å². The summed E-state index contributed by atoms with van der Waals surface area (Å²) in [7, 11) is 0. The molecule has 2 heterocycles. The van der Waals surface area contributed by atoms with Crippen molar-refractivity contribution >= 4 is 21.9 Å². The number of nitrogens with zero attached hydrogens (tertiary/aromatic N) is 1. The van der Waals surface area contributed by atoms with Gasteiger partial charge in [-0.3, -0.25) is 4.98 Å². The molecule has 3 rings (SSSR count). The minimum absolute atomic E-state index is 0.257. The molecule has 108 valence electrons. The van der Waals surface area contributed by atoms with Gasteiger partial charge in [-0.15, -0.1) is 0 Å². The Labute approximate surface area is 125 Å². The predicted molar refractivity (Wildman–Crippen MR) is 76.4 cm³/mol. The van der Waals surface area contributed by atoms with Crippen LogP contribution in [0.1, 0.15) is 25.0 Å². The molecule has 2 fully saturated rings. The van der Waals surface area contributed by atoms with Gasteiger partial charge in [0.15, 0.2) is 0 Å². The maximum atomic E-state index is 10.9. The first-order valence-electron chi connectivity index (χ1n) is 6.72. The zero-order valence-electron chi connectivity index (χ0n) is 11.1. The van der Waals surface area contributed by atoms with E-state index in [9.17, 15) is 4.79 Å². The number of aromatic nitrogens is 1. The minimum atomic E-state index is -0.936. The molecule has 1 aliphatic heterocycles. The van der Waals surface area contributed by atoms with Gasteiger partial charge in [0.2, 0.25) is 0 Å². The molecule has 1 spiro atoms. The highest BCUT2D eigenvalue weighted by Gasteiger charge is 2.53. The smallest absolute Gasteiger partial charge is 0.329 e. The molecule has 0 aromatic carbocycles. The summed E-state index contributed by atoms with van der Waals surface area (Å²) in [5.74, 6) is -0.936. The fraction of sp³-hybridized carbons (Fsp3) is 0.571. The first-order chi connectivity index (χ1) is 9.54. The van der Waals surface area contributed by atoms with Gasteiger partial charge in [0.05, 0.1) is 5.69 Å². The van der Waals surface area contributed by atoms with Crippen molar-refractivity contribution in [2.24, 2.45) is 5.41 Å². The van der Waals surface area contributed by atoms with Crippen LogP contribution in [0.4, 0.5) is 0 Å². The van der Waals surface area contributed by atoms with Gasteiger partial charge in [0.1, 0.15) is 12.2 Å². The molecule has 5 nitrogen and oxygen atoms in total. The van der Waals surface area contributed by atoms with Crippen molar-refractivity contribution in [2.75, 3.05) is 19.7 Å². The first-order valence-corrected chi connectivity index (χ1v) is 7.52. The van der Waals surface area contributed by atoms with E-state index in [2.05, 4.69) is 26.2 Å². The van der Waals surface area contributed by atoms with Crippen molar-refractivity contribution in [3.05, 3.63) is 28.5 Å². The van der Waals surface area contributed by atoms with E-state index >= 15 is 0 Å². The molecule has 1 aromatic heterocycles. The number of carbonyl (C=O) groups is 1. The van der Waals surface area contributed by atoms with Gasteiger partial charge < -0.3 is 15.2 Å². The third kappa shape index (κ3) is 2.47. The Morgan fingerprint density at radius 3 is 2.75 bits per heavy atom. The number of ether oxygens (including phenoxy) is 1. The number of nitrogens with one attached hydrogen (secondary N) is 1. The SMILES string of the molecule is O=C(O)COC1(c2ccc(Br)cn2)CCC2(CNC2)C1. The third-order valence-electron chi connectivity index (χ3n) is 4.39. The van der Waals surface area contributed by atoms with Crippen LogP contribution in [0.3, 0.4) is 0 Å². The average Bonchev–Trinajstić information content (AvgIpc) is 2.79. The molecule has 2 aliphatic rings. The molecule has 1 unspecified atom stereocenters. The topological polar surface area (TPSA) is 71.5 Å². The summed E-state index contributed by atoms with van der Waals surface area (Å²) in [4.78, 5) is 15.3. The van der Waals surface area contributed by atoms with Crippen LogP contribution in [-0.4, -0.2) is 35.8 Å². The van der Waals surface area contributed by atoms with Gasteiger partial charge in [-0.2, -0.15) is 0 Å². The van der Waals surface area contributed by atoms with Gasteiger partial charge in [-0.1, -0.05) is 0 Å². The monoisotopic (exact) mass is 340 g/mol. The zero-order valence-corrected chi connectivity index (χ0v) is 12.6. The normalized spacial score (nSPS) is 27.4. The Kier molecular flexibility index (Phi) is 3.56. The maximum Gasteiger partial charge on any atom is 0.329 e. The van der Waals surface area contributed by atoms with E-state index in [-0.39, 0.29) is 12.0 Å². The molecule has 2 N–H and O–H groups in total. The molecule has 0 bridgehead atoms. The molecule has 1 saturated heterocycles. The lowest BCUT2D eigenvalue weighted by atomic mass is 9.78. The number of rotatable bonds is 4. The lowest BCUT2D eigenvalue weighted by Crippen LogP contribution is -2.52. The highest BCUT2D eigenvalue weighted by Crippen LogP contribution is 2.53. The molecule has 1 aliphatic carbocycles. The van der Waals surface area contributed by atoms with Crippen LogP contribution < -0.4 is 5.32 Å². The molecule has 1 aromatic rings. The summed E-state index contributed by atoms with van der Waals surface area (Å²) in [5, 5.41) is 12.2. The van der Waals surface area contributed by atoms with Crippen LogP contribution in [0.15, 0.2) is 22.8 Å². The second-order valence-corrected chi connectivity index (χ2v) is 6.73. The summed E-state index contributed by atoms with van der Waals surface area (Å²) in [6.07, 6.45) is 4.47. The summed E-state index contributed by atoms with van der Waals surface area (Å²) in [6.45, 7) is 1.70. The molecular weight excluding hydrogens is 324 g/mol. The van der Waals surface area contributed by atoms with Crippen LogP contribution in [0.5, 0.6) is 0 Å². The largest absolute Gasteiger partial charge is 0.480 e. The zero-order chi connectivity index (χ0) is 14.2. The van der Waals surface area contributed by atoms with Crippen molar-refractivity contribution in [2.45, 2.75) is 24.9 Å². The van der Waals surface area contributed by atoms with E-state index in [0.717, 1.165) is 42.5 Å². The van der Waals surface area contributed by atoms with E-state index in [0.29, 0.717) is 0 Å². The van der Waals surface area contributed by atoms with Crippen molar-refractivity contribution in [3.8, 4) is 0 Å². The number of hydrogen-bond acceptors (Lipinski definition) is 4. The summed E-state index contributed by atoms with van der Waals surface area (Å²) < 4.78 is 6.71. The van der Waals surface area contributed by atoms with E-state index in [1.54, 1.807) is 6.20 Å². The summed E-state index contributed by atoms with van der Waals surface area (Å²) in [5.41, 5.74) is 0.541. The van der Waals surface area contributed by atoms with Gasteiger partial charge in [-0.25, -0.2) is 4.79 Å². The maximum absolute atomic E-state index is 10.9. The Hall–Kier alpha value is -0.980. The molecule has 0 radical (unpaired) electrons. The van der Waals surface area contributed by atoms with Crippen LogP contribution in [0, 0.1) is 5.41 Å². The number of halogens is 1. The summed E-state index contributed by atoms with van der Waals surface area (Å²) >= 11 is 3.37. The molecule has 1 saturated carbocycles. The Morgan fingerprint density at radius 2 is 2.25 bits per heavy atom. The standard InChI is InChI=1S/C14H17BrN2O3/c15-10-1-2-11(17-5-10)14(20-6-12(18)19)4-3-13(7-14)8-16-9-13/h1-2,5,16H,3-4,6-9H2,(H,18,19). The second kappa shape index (κ2) is 5.09. The van der Waals surface area contributed by atoms with Crippen LogP contribution >= 0.6 is 15.9 Å². The lowest BCUT2D eigenvalue weighted by Gasteiger charge is -2.41. The van der Waals surface area contributed by atoms with E-state index in [1.807, 2.05) is 12.1 Å². The van der Waals surface area contributed by atoms with Crippen molar-refractivity contribution in [3.63, 3.8) is 0 Å². The number of carboxylic acids is 1. The predicted octanol–water partition coefficient (Wildman–Crippen LogP) is 1.91. The molecular formula is C14H17BrN2O3. The molecule has 6 heteroatoms. The molecule has 20 heavy (non-hydrogen) atoms. The number of hydrogen-bond donors (Lipinski definition) is 2. The fourth-order valence-electron chi connectivity index (χ4n) is 3.29. The van der Waals surface area contributed by atoms with E-state index < -0.39 is 11.6 Å². The highest BCUT2D eigenvalue weighted by molar-refractivity contribution is 9.10. The first kappa shape index (κ1) is 14.0. The van der Waals surface area contributed by atoms with Crippen LogP contribution in [0.2, 0.25) is 0 Å². The van der Waals surface area contributed by atoms with Gasteiger partial charge in [0.25, 0.3) is 0 Å². The number of aliphatic carboxylic acids is 1. The number of pyridine rings is 1. The van der Waals surface area contributed by atoms with Crippen molar-refractivity contribution < 1.29 is 14.6 Å². The summed E-state index contributed by atoms with van der Waals surface area (Å²) in [6, 6.07) is 3.86. The van der Waals surface area contributed by atoms with Gasteiger partial charge in [-0.05, 0) is 52.7 Å². The van der Waals surface area contributed by atoms with Crippen LogP contribution in [-0.2, 0) is 15.1 Å². The highest BCUT2D eigenvalue weighted by atomic mass is 79.9. The van der Waals surface area contributed by atoms with Gasteiger partial charge >= 0.3 is 5.97 Å². The Morgan fingerprint density at radius 1 is 1.45 bits per heavy atom. The fourth-order valence-corrected chi connectivity index (χ4v) is 3.53. The van der Waals surface area contributed by atoms with Crippen LogP contribution in [0.25, 0.3) is 0 Å². The van der Waals surface area contributed by atoms with Crippen molar-refractivity contribution in [1.29, 1.82) is 0 Å². The van der Waals surface area contributed by atoms with Crippen molar-refractivity contribution in [1.82, 2.24) is 10.3 Å². The quantitative estimate of drug-likeness (QED) is 0.876. The molecule has 0 amide bonds. The molecule has 1 atom stereocenters. The third-order valence-corrected chi connectivity index (χ3v) is 4.85. The second-order valence-electron chi connectivity index (χ2n) is 5.82.